The number of piperidine rings is 1. The summed E-state index contributed by atoms with van der Waals surface area (Å²) >= 11 is 0. The van der Waals surface area contributed by atoms with Gasteiger partial charge in [-0.05, 0) is 60.7 Å². The van der Waals surface area contributed by atoms with Gasteiger partial charge in [-0.25, -0.2) is 0 Å². The number of para-hydroxylation sites is 1. The van der Waals surface area contributed by atoms with Crippen LogP contribution in [0.25, 0.3) is 10.9 Å². The van der Waals surface area contributed by atoms with Gasteiger partial charge in [0.1, 0.15) is 0 Å². The van der Waals surface area contributed by atoms with Crippen LogP contribution in [0, 0.1) is 0 Å². The number of amides is 1. The third kappa shape index (κ3) is 3.86. The Morgan fingerprint density at radius 3 is 2.93 bits per heavy atom. The average Bonchev–Trinajstić information content (AvgIpc) is 2.74. The number of nitrogens with zero attached hydrogens (tertiary/aromatic N) is 2. The standard InChI is InChI=1S/C23H25N3O/c1-26(16-20-11-13-25-22-10-3-2-9-21(20)22)23(27)18-7-4-6-17(14-18)19-8-5-12-24-15-19/h2-4,6-7,9-11,13-14,19,24H,5,8,12,15-16H2,1H3/t19-/m1/s1. The molecule has 1 N–H and O–H groups in total. The van der Waals surface area contributed by atoms with Crippen molar-refractivity contribution in [1.82, 2.24) is 15.2 Å². The van der Waals surface area contributed by atoms with Gasteiger partial charge in [-0.1, -0.05) is 30.3 Å². The summed E-state index contributed by atoms with van der Waals surface area (Å²) in [5.41, 5.74) is 4.10. The molecule has 3 aromatic rings. The van der Waals surface area contributed by atoms with Gasteiger partial charge in [-0.15, -0.1) is 0 Å². The second kappa shape index (κ2) is 7.89. The van der Waals surface area contributed by atoms with Crippen LogP contribution in [-0.4, -0.2) is 35.9 Å². The van der Waals surface area contributed by atoms with Crippen LogP contribution in [0.5, 0.6) is 0 Å². The van der Waals surface area contributed by atoms with Crippen molar-refractivity contribution in [1.29, 1.82) is 0 Å². The first-order valence-electron chi connectivity index (χ1n) is 9.61. The summed E-state index contributed by atoms with van der Waals surface area (Å²) in [6.07, 6.45) is 4.19. The number of aromatic nitrogens is 1. The topological polar surface area (TPSA) is 45.2 Å². The largest absolute Gasteiger partial charge is 0.337 e. The molecule has 2 heterocycles. The molecule has 0 saturated carbocycles. The number of hydrogen-bond acceptors (Lipinski definition) is 3. The monoisotopic (exact) mass is 359 g/mol. The van der Waals surface area contributed by atoms with Crippen molar-refractivity contribution in [3.63, 3.8) is 0 Å². The number of carbonyl (C=O) groups is 1. The van der Waals surface area contributed by atoms with Crippen LogP contribution in [0.2, 0.25) is 0 Å². The molecule has 2 aromatic carbocycles. The first-order chi connectivity index (χ1) is 13.2. The molecule has 0 bridgehead atoms. The summed E-state index contributed by atoms with van der Waals surface area (Å²) in [6.45, 7) is 2.66. The molecule has 4 rings (SSSR count). The number of fused-ring (bicyclic) bond motifs is 1. The van der Waals surface area contributed by atoms with Crippen molar-refractivity contribution >= 4 is 16.8 Å². The molecule has 1 aromatic heterocycles. The fourth-order valence-corrected chi connectivity index (χ4v) is 3.90. The zero-order chi connectivity index (χ0) is 18.6. The van der Waals surface area contributed by atoms with E-state index < -0.39 is 0 Å². The van der Waals surface area contributed by atoms with Crippen LogP contribution in [0.15, 0.2) is 60.8 Å². The molecular weight excluding hydrogens is 334 g/mol. The third-order valence-electron chi connectivity index (χ3n) is 5.40. The van der Waals surface area contributed by atoms with Crippen molar-refractivity contribution in [2.24, 2.45) is 0 Å². The van der Waals surface area contributed by atoms with Gasteiger partial charge in [0.05, 0.1) is 5.52 Å². The van der Waals surface area contributed by atoms with Crippen LogP contribution in [0.3, 0.4) is 0 Å². The highest BCUT2D eigenvalue weighted by molar-refractivity contribution is 5.94. The molecule has 0 aliphatic carbocycles. The van der Waals surface area contributed by atoms with Crippen molar-refractivity contribution in [2.45, 2.75) is 25.3 Å². The summed E-state index contributed by atoms with van der Waals surface area (Å²) < 4.78 is 0. The number of rotatable bonds is 4. The molecular formula is C23H25N3O. The highest BCUT2D eigenvalue weighted by Crippen LogP contribution is 2.24. The quantitative estimate of drug-likeness (QED) is 0.766. The van der Waals surface area contributed by atoms with Crippen LogP contribution >= 0.6 is 0 Å². The van der Waals surface area contributed by atoms with E-state index in [4.69, 9.17) is 0 Å². The van der Waals surface area contributed by atoms with Gasteiger partial charge in [0, 0.05) is 37.3 Å². The van der Waals surface area contributed by atoms with E-state index in [9.17, 15) is 4.79 Å². The molecule has 1 aliphatic heterocycles. The molecule has 1 fully saturated rings. The number of hydrogen-bond donors (Lipinski definition) is 1. The van der Waals surface area contributed by atoms with E-state index >= 15 is 0 Å². The van der Waals surface area contributed by atoms with E-state index in [1.807, 2.05) is 49.6 Å². The van der Waals surface area contributed by atoms with Crippen molar-refractivity contribution < 1.29 is 4.79 Å². The lowest BCUT2D eigenvalue weighted by molar-refractivity contribution is 0.0785. The molecule has 0 unspecified atom stereocenters. The maximum atomic E-state index is 13.0. The maximum absolute atomic E-state index is 13.0. The highest BCUT2D eigenvalue weighted by Gasteiger charge is 2.18. The lowest BCUT2D eigenvalue weighted by Crippen LogP contribution is -2.29. The Morgan fingerprint density at radius 2 is 2.07 bits per heavy atom. The van der Waals surface area contributed by atoms with Crippen LogP contribution in [-0.2, 0) is 6.54 Å². The number of carbonyl (C=O) groups excluding carboxylic acids is 1. The maximum Gasteiger partial charge on any atom is 0.253 e. The van der Waals surface area contributed by atoms with E-state index in [0.29, 0.717) is 12.5 Å². The SMILES string of the molecule is CN(Cc1ccnc2ccccc12)C(=O)c1cccc([C@@H]2CCCNC2)c1. The van der Waals surface area contributed by atoms with Crippen LogP contribution in [0.1, 0.15) is 40.2 Å². The summed E-state index contributed by atoms with van der Waals surface area (Å²) in [4.78, 5) is 19.2. The molecule has 0 radical (unpaired) electrons. The molecule has 1 amide bonds. The summed E-state index contributed by atoms with van der Waals surface area (Å²) in [5.74, 6) is 0.558. The first-order valence-corrected chi connectivity index (χ1v) is 9.61. The van der Waals surface area contributed by atoms with Gasteiger partial charge < -0.3 is 10.2 Å². The molecule has 4 heteroatoms. The molecule has 1 aliphatic rings. The Balaban J connectivity index is 1.53. The number of benzene rings is 2. The van der Waals surface area contributed by atoms with Gasteiger partial charge in [-0.3, -0.25) is 9.78 Å². The van der Waals surface area contributed by atoms with Gasteiger partial charge in [0.25, 0.3) is 5.91 Å². The predicted molar refractivity (Wildman–Crippen MR) is 109 cm³/mol. The normalized spacial score (nSPS) is 17.0. The molecule has 27 heavy (non-hydrogen) atoms. The van der Waals surface area contributed by atoms with E-state index in [1.54, 1.807) is 4.90 Å². The second-order valence-corrected chi connectivity index (χ2v) is 7.32. The molecule has 138 valence electrons. The lowest BCUT2D eigenvalue weighted by atomic mass is 9.90. The van der Waals surface area contributed by atoms with E-state index in [-0.39, 0.29) is 5.91 Å². The smallest absolute Gasteiger partial charge is 0.253 e. The molecule has 0 spiro atoms. The van der Waals surface area contributed by atoms with Gasteiger partial charge in [-0.2, -0.15) is 0 Å². The average molecular weight is 359 g/mol. The van der Waals surface area contributed by atoms with Crippen molar-refractivity contribution in [3.8, 4) is 0 Å². The zero-order valence-corrected chi connectivity index (χ0v) is 15.7. The Morgan fingerprint density at radius 1 is 1.19 bits per heavy atom. The lowest BCUT2D eigenvalue weighted by Gasteiger charge is -2.24. The minimum atomic E-state index is 0.0570. The third-order valence-corrected chi connectivity index (χ3v) is 5.40. The minimum absolute atomic E-state index is 0.0570. The number of nitrogens with one attached hydrogen (secondary N) is 1. The Hall–Kier alpha value is -2.72. The van der Waals surface area contributed by atoms with Gasteiger partial charge >= 0.3 is 0 Å². The van der Waals surface area contributed by atoms with Crippen LogP contribution < -0.4 is 5.32 Å². The Kier molecular flexibility index (Phi) is 5.16. The minimum Gasteiger partial charge on any atom is -0.337 e. The number of pyridine rings is 1. The summed E-state index contributed by atoms with van der Waals surface area (Å²) in [6, 6.07) is 18.2. The Bertz CT molecular complexity index is 942. The Labute approximate surface area is 160 Å². The van der Waals surface area contributed by atoms with Crippen molar-refractivity contribution in [3.05, 3.63) is 77.5 Å². The summed E-state index contributed by atoms with van der Waals surface area (Å²) in [5, 5.41) is 4.55. The summed E-state index contributed by atoms with van der Waals surface area (Å²) in [7, 11) is 1.87. The predicted octanol–water partition coefficient (Wildman–Crippen LogP) is 3.97. The first kappa shape index (κ1) is 17.7. The fraction of sp³-hybridized carbons (Fsp3) is 0.304. The highest BCUT2D eigenvalue weighted by atomic mass is 16.2. The second-order valence-electron chi connectivity index (χ2n) is 7.32. The zero-order valence-electron chi connectivity index (χ0n) is 15.7. The molecule has 4 nitrogen and oxygen atoms in total. The molecule has 1 saturated heterocycles. The van der Waals surface area contributed by atoms with E-state index in [1.165, 1.54) is 18.4 Å². The van der Waals surface area contributed by atoms with E-state index in [0.717, 1.165) is 35.1 Å². The van der Waals surface area contributed by atoms with Crippen LogP contribution in [0.4, 0.5) is 0 Å². The van der Waals surface area contributed by atoms with E-state index in [2.05, 4.69) is 28.5 Å². The fourth-order valence-electron chi connectivity index (χ4n) is 3.90. The van der Waals surface area contributed by atoms with Crippen molar-refractivity contribution in [2.75, 3.05) is 20.1 Å². The van der Waals surface area contributed by atoms with Gasteiger partial charge in [0.2, 0.25) is 0 Å². The molecule has 1 atom stereocenters. The van der Waals surface area contributed by atoms with Gasteiger partial charge in [0.15, 0.2) is 0 Å².